The van der Waals surface area contributed by atoms with E-state index in [0.29, 0.717) is 6.42 Å². The van der Waals surface area contributed by atoms with Crippen LogP contribution in [-0.2, 0) is 16.0 Å². The van der Waals surface area contributed by atoms with Crippen LogP contribution in [0.3, 0.4) is 0 Å². The van der Waals surface area contributed by atoms with Gasteiger partial charge in [0.1, 0.15) is 17.3 Å². The molecule has 0 aliphatic carbocycles. The first-order chi connectivity index (χ1) is 13.1. The van der Waals surface area contributed by atoms with Gasteiger partial charge in [-0.25, -0.2) is 13.6 Å². The van der Waals surface area contributed by atoms with Crippen LogP contribution >= 0.6 is 0 Å². The van der Waals surface area contributed by atoms with E-state index in [-0.39, 0.29) is 28.2 Å². The lowest BCUT2D eigenvalue weighted by atomic mass is 10.0. The predicted octanol–water partition coefficient (Wildman–Crippen LogP) is 6.08. The molecule has 0 aliphatic rings. The second-order valence-corrected chi connectivity index (χ2v) is 6.29. The van der Waals surface area contributed by atoms with Crippen molar-refractivity contribution in [3.05, 3.63) is 77.0 Å². The Morgan fingerprint density at radius 3 is 2.18 bits per heavy atom. The highest BCUT2D eigenvalue weighted by Gasteiger charge is 2.19. The van der Waals surface area contributed by atoms with Crippen LogP contribution in [0, 0.1) is 17.5 Å². The number of halogens is 3. The molecular formula is C22H21F3O3. The molecule has 6 heteroatoms. The average Bonchev–Trinajstić information content (AvgIpc) is 2.65. The van der Waals surface area contributed by atoms with Gasteiger partial charge in [-0.1, -0.05) is 25.6 Å². The molecule has 0 saturated heterocycles. The van der Waals surface area contributed by atoms with Gasteiger partial charge in [0.15, 0.2) is 11.6 Å². The molecule has 2 rings (SSSR count). The molecule has 148 valence electrons. The number of benzene rings is 2. The van der Waals surface area contributed by atoms with Gasteiger partial charge in [-0.05, 0) is 51.0 Å². The molecule has 0 radical (unpaired) electrons. The van der Waals surface area contributed by atoms with Crippen LogP contribution in [0.1, 0.15) is 33.3 Å². The molecule has 0 N–H and O–H groups in total. The van der Waals surface area contributed by atoms with Gasteiger partial charge in [0.25, 0.3) is 0 Å². The third-order valence-electron chi connectivity index (χ3n) is 4.13. The fraction of sp³-hybridized carbons (Fsp3) is 0.227. The minimum absolute atomic E-state index is 0.0426. The molecule has 3 nitrogen and oxygen atoms in total. The van der Waals surface area contributed by atoms with E-state index in [1.165, 1.54) is 45.0 Å². The summed E-state index contributed by atoms with van der Waals surface area (Å²) >= 11 is 0. The third-order valence-corrected chi connectivity index (χ3v) is 4.13. The molecule has 0 aliphatic heterocycles. The lowest BCUT2D eigenvalue weighted by Gasteiger charge is -2.13. The Hall–Kier alpha value is -3.02. The molecule has 0 bridgehead atoms. The van der Waals surface area contributed by atoms with Crippen molar-refractivity contribution in [2.75, 3.05) is 0 Å². The number of esters is 1. The minimum Gasteiger partial charge on any atom is -0.455 e. The topological polar surface area (TPSA) is 35.5 Å². The van der Waals surface area contributed by atoms with Gasteiger partial charge in [0.2, 0.25) is 5.82 Å². The van der Waals surface area contributed by atoms with Gasteiger partial charge in [-0.15, -0.1) is 0 Å². The van der Waals surface area contributed by atoms with Gasteiger partial charge < -0.3 is 9.47 Å². The van der Waals surface area contributed by atoms with E-state index in [1.54, 1.807) is 6.07 Å². The van der Waals surface area contributed by atoms with Gasteiger partial charge in [-0.2, -0.15) is 4.39 Å². The number of carbonyl (C=O) groups excluding carboxylic acids is 1. The van der Waals surface area contributed by atoms with Crippen molar-refractivity contribution in [2.45, 2.75) is 34.1 Å². The maximum atomic E-state index is 14.5. The number of carbonyl (C=O) groups is 1. The Bertz CT molecular complexity index is 962. The van der Waals surface area contributed by atoms with Crippen molar-refractivity contribution < 1.29 is 27.4 Å². The molecule has 0 spiro atoms. The van der Waals surface area contributed by atoms with Crippen molar-refractivity contribution in [2.24, 2.45) is 0 Å². The summed E-state index contributed by atoms with van der Waals surface area (Å²) in [6, 6.07) is 6.80. The normalized spacial score (nSPS) is 11.7. The van der Waals surface area contributed by atoms with Crippen molar-refractivity contribution in [3.63, 3.8) is 0 Å². The van der Waals surface area contributed by atoms with Gasteiger partial charge in [0.05, 0.1) is 0 Å². The Kier molecular flexibility index (Phi) is 6.67. The molecule has 0 heterocycles. The van der Waals surface area contributed by atoms with Crippen molar-refractivity contribution in [1.82, 2.24) is 0 Å². The standard InChI is InChI=1S/C22H21F3O3/c1-6-15-7-8-16(18(23)11-15)17-9-10-19(21(25)20(17)24)27-13(4)14(5)28-22(26)12(2)3/h7-11H,2,6H2,1,3-5H3/b14-13+. The first-order valence-electron chi connectivity index (χ1n) is 8.65. The van der Waals surface area contributed by atoms with Crippen molar-refractivity contribution in [3.8, 4) is 16.9 Å². The van der Waals surface area contributed by atoms with Gasteiger partial charge in [-0.3, -0.25) is 0 Å². The molecule has 0 atom stereocenters. The van der Waals surface area contributed by atoms with Crippen LogP contribution in [0.15, 0.2) is 54.0 Å². The smallest absolute Gasteiger partial charge is 0.338 e. The summed E-state index contributed by atoms with van der Waals surface area (Å²) in [7, 11) is 0. The van der Waals surface area contributed by atoms with Crippen LogP contribution in [0.2, 0.25) is 0 Å². The van der Waals surface area contributed by atoms with E-state index in [9.17, 15) is 18.0 Å². The molecule has 0 amide bonds. The Morgan fingerprint density at radius 1 is 0.964 bits per heavy atom. The van der Waals surface area contributed by atoms with E-state index in [0.717, 1.165) is 5.56 Å². The summed E-state index contributed by atoms with van der Waals surface area (Å²) in [6.07, 6.45) is 0.627. The van der Waals surface area contributed by atoms with Crippen molar-refractivity contribution >= 4 is 5.97 Å². The number of rotatable bonds is 6. The SMILES string of the molecule is C=C(C)C(=O)O/C(C)=C(\C)Oc1ccc(-c2ccc(CC)cc2F)c(F)c1F. The summed E-state index contributed by atoms with van der Waals surface area (Å²) in [5.74, 6) is -4.05. The second kappa shape index (κ2) is 8.78. The molecule has 0 saturated carbocycles. The lowest BCUT2D eigenvalue weighted by Crippen LogP contribution is -2.07. The molecule has 2 aromatic rings. The first kappa shape index (κ1) is 21.3. The maximum Gasteiger partial charge on any atom is 0.338 e. The third kappa shape index (κ3) is 4.63. The van der Waals surface area contributed by atoms with Crippen LogP contribution in [0.25, 0.3) is 11.1 Å². The lowest BCUT2D eigenvalue weighted by molar-refractivity contribution is -0.135. The van der Waals surface area contributed by atoms with E-state index >= 15 is 0 Å². The summed E-state index contributed by atoms with van der Waals surface area (Å²) in [6.45, 7) is 9.69. The van der Waals surface area contributed by atoms with Gasteiger partial charge >= 0.3 is 5.97 Å². The molecule has 2 aromatic carbocycles. The highest BCUT2D eigenvalue weighted by Crippen LogP contribution is 2.32. The van der Waals surface area contributed by atoms with Crippen LogP contribution in [0.4, 0.5) is 13.2 Å². The zero-order valence-electron chi connectivity index (χ0n) is 16.2. The fourth-order valence-electron chi connectivity index (χ4n) is 2.35. The van der Waals surface area contributed by atoms with Crippen LogP contribution in [-0.4, -0.2) is 5.97 Å². The fourth-order valence-corrected chi connectivity index (χ4v) is 2.35. The Morgan fingerprint density at radius 2 is 1.61 bits per heavy atom. The number of ether oxygens (including phenoxy) is 2. The van der Waals surface area contributed by atoms with Crippen LogP contribution < -0.4 is 4.74 Å². The average molecular weight is 390 g/mol. The zero-order valence-corrected chi connectivity index (χ0v) is 16.2. The summed E-state index contributed by atoms with van der Waals surface area (Å²) in [5.41, 5.74) is 0.684. The summed E-state index contributed by atoms with van der Waals surface area (Å²) in [5, 5.41) is 0. The Balaban J connectivity index is 2.34. The van der Waals surface area contributed by atoms with Crippen LogP contribution in [0.5, 0.6) is 5.75 Å². The number of allylic oxidation sites excluding steroid dienone is 2. The molecular weight excluding hydrogens is 369 g/mol. The highest BCUT2D eigenvalue weighted by molar-refractivity contribution is 5.87. The summed E-state index contributed by atoms with van der Waals surface area (Å²) < 4.78 is 53.6. The Labute approximate surface area is 162 Å². The van der Waals surface area contributed by atoms with Crippen molar-refractivity contribution in [1.29, 1.82) is 0 Å². The number of aryl methyl sites for hydroxylation is 1. The quantitative estimate of drug-likeness (QED) is 0.340. The molecule has 0 unspecified atom stereocenters. The minimum atomic E-state index is -1.27. The highest BCUT2D eigenvalue weighted by atomic mass is 19.2. The molecule has 28 heavy (non-hydrogen) atoms. The largest absolute Gasteiger partial charge is 0.455 e. The monoisotopic (exact) mass is 390 g/mol. The van der Waals surface area contributed by atoms with E-state index in [4.69, 9.17) is 9.47 Å². The predicted molar refractivity (Wildman–Crippen MR) is 101 cm³/mol. The van der Waals surface area contributed by atoms with Gasteiger partial charge in [0, 0.05) is 16.7 Å². The number of hydrogen-bond acceptors (Lipinski definition) is 3. The van der Waals surface area contributed by atoms with E-state index in [2.05, 4.69) is 6.58 Å². The second-order valence-electron chi connectivity index (χ2n) is 6.29. The van der Waals surface area contributed by atoms with E-state index < -0.39 is 29.2 Å². The van der Waals surface area contributed by atoms with E-state index in [1.807, 2.05) is 6.92 Å². The molecule has 0 fully saturated rings. The maximum absolute atomic E-state index is 14.5. The molecule has 0 aromatic heterocycles. The summed E-state index contributed by atoms with van der Waals surface area (Å²) in [4.78, 5) is 11.5. The first-order valence-corrected chi connectivity index (χ1v) is 8.65. The zero-order chi connectivity index (χ0) is 21.0. The number of hydrogen-bond donors (Lipinski definition) is 0.